The molecule has 74 heavy (non-hydrogen) atoms. The molecule has 15 rings (SSSR count). The van der Waals surface area contributed by atoms with Crippen molar-refractivity contribution in [2.24, 2.45) is 0 Å². The molecule has 0 saturated carbocycles. The Morgan fingerprint density at radius 1 is 0.203 bits per heavy atom. The van der Waals surface area contributed by atoms with Crippen LogP contribution in [0.3, 0.4) is 0 Å². The van der Waals surface area contributed by atoms with E-state index in [0.717, 1.165) is 154 Å². The van der Waals surface area contributed by atoms with Crippen LogP contribution in [0.4, 0.5) is 0 Å². The van der Waals surface area contributed by atoms with E-state index in [4.69, 9.17) is 24.9 Å². The van der Waals surface area contributed by atoms with E-state index in [1.807, 2.05) is 55.4 Å². The summed E-state index contributed by atoms with van der Waals surface area (Å²) < 4.78 is 0. The molecule has 6 heteroatoms. The molecule has 0 saturated heterocycles. The van der Waals surface area contributed by atoms with Crippen LogP contribution in [0.25, 0.3) is 154 Å². The van der Waals surface area contributed by atoms with Gasteiger partial charge in [-0.25, -0.2) is 0 Å². The molecule has 15 aromatic rings. The largest absolute Gasteiger partial charge is 0.256 e. The van der Waals surface area contributed by atoms with Crippen LogP contribution in [-0.2, 0) is 0 Å². The maximum atomic E-state index is 5.23. The molecule has 0 atom stereocenters. The predicted molar refractivity (Wildman–Crippen MR) is 306 cm³/mol. The number of hydrogen-bond donors (Lipinski definition) is 0. The lowest BCUT2D eigenvalue weighted by molar-refractivity contribution is 1.39. The number of aromatic nitrogens is 6. The molecule has 342 valence electrons. The highest BCUT2D eigenvalue weighted by atomic mass is 14.7. The summed E-state index contributed by atoms with van der Waals surface area (Å²) in [5.41, 5.74) is 18.7. The summed E-state index contributed by atoms with van der Waals surface area (Å²) in [4.78, 5) is 29.8. The Morgan fingerprint density at radius 3 is 1.03 bits per heavy atom. The van der Waals surface area contributed by atoms with Gasteiger partial charge in [0.05, 0.1) is 33.1 Å². The van der Waals surface area contributed by atoms with Gasteiger partial charge >= 0.3 is 0 Å². The van der Waals surface area contributed by atoms with Gasteiger partial charge in [-0.3, -0.25) is 29.9 Å². The van der Waals surface area contributed by atoms with Gasteiger partial charge in [-0.05, 0) is 140 Å². The van der Waals surface area contributed by atoms with Gasteiger partial charge in [0.25, 0.3) is 0 Å². The van der Waals surface area contributed by atoms with E-state index < -0.39 is 0 Å². The first kappa shape index (κ1) is 41.7. The topological polar surface area (TPSA) is 77.3 Å². The Labute approximate surface area is 425 Å². The van der Waals surface area contributed by atoms with E-state index in [-0.39, 0.29) is 0 Å². The summed E-state index contributed by atoms with van der Waals surface area (Å²) in [5.74, 6) is 0. The molecule has 0 unspecified atom stereocenters. The second kappa shape index (κ2) is 16.8. The fraction of sp³-hybridized carbons (Fsp3) is 0. The summed E-state index contributed by atoms with van der Waals surface area (Å²) in [7, 11) is 0. The minimum absolute atomic E-state index is 0.933. The highest BCUT2D eigenvalue weighted by Crippen LogP contribution is 2.44. The molecule has 6 nitrogen and oxygen atoms in total. The maximum Gasteiger partial charge on any atom is 0.0802 e. The fourth-order valence-electron chi connectivity index (χ4n) is 11.5. The first-order valence-corrected chi connectivity index (χ1v) is 24.9. The summed E-state index contributed by atoms with van der Waals surface area (Å²) in [6.45, 7) is 0. The molecule has 6 heterocycles. The van der Waals surface area contributed by atoms with Gasteiger partial charge in [0.2, 0.25) is 0 Å². The van der Waals surface area contributed by atoms with Crippen molar-refractivity contribution in [1.82, 2.24) is 29.9 Å². The Bertz CT molecular complexity index is 4520. The van der Waals surface area contributed by atoms with Gasteiger partial charge in [0, 0.05) is 97.0 Å². The summed E-state index contributed by atoms with van der Waals surface area (Å²) in [5, 5.41) is 10.9. The van der Waals surface area contributed by atoms with Crippen LogP contribution in [0.1, 0.15) is 0 Å². The van der Waals surface area contributed by atoms with Crippen molar-refractivity contribution in [3.8, 4) is 66.8 Å². The molecule has 0 spiro atoms. The average Bonchev–Trinajstić information content (AvgIpc) is 3.49. The fourth-order valence-corrected chi connectivity index (χ4v) is 11.5. The van der Waals surface area contributed by atoms with Crippen LogP contribution >= 0.6 is 0 Å². The first-order valence-electron chi connectivity index (χ1n) is 24.9. The Balaban J connectivity index is 0.951. The zero-order valence-corrected chi connectivity index (χ0v) is 39.8. The highest BCUT2D eigenvalue weighted by molar-refractivity contribution is 6.24. The predicted octanol–water partition coefficient (Wildman–Crippen LogP) is 17.3. The number of pyridine rings is 6. The molecule has 0 aliphatic rings. The number of benzene rings is 9. The zero-order valence-electron chi connectivity index (χ0n) is 39.8. The SMILES string of the molecule is c1ccc(-c2cnc3c(ccc4ncccc43)c2)c(-c2cc(-c3ccccc3-c3cnc4c(c3)c3ccccc3c3ncccc34)cc(-c3ccccc3-c3cnc4c(c3)c3ccccc3c3ncccc34)c2)c1. The highest BCUT2D eigenvalue weighted by Gasteiger charge is 2.20. The summed E-state index contributed by atoms with van der Waals surface area (Å²) in [6, 6.07) is 73.7. The molecule has 0 aliphatic heterocycles. The number of fused-ring (bicyclic) bond motifs is 15. The molecular weight excluding hydrogens is 901 g/mol. The number of rotatable bonds is 6. The van der Waals surface area contributed by atoms with Crippen molar-refractivity contribution in [1.29, 1.82) is 0 Å². The average molecular weight is 941 g/mol. The van der Waals surface area contributed by atoms with Gasteiger partial charge in [0.15, 0.2) is 0 Å². The molecule has 0 amide bonds. The summed E-state index contributed by atoms with van der Waals surface area (Å²) in [6.07, 6.45) is 11.6. The van der Waals surface area contributed by atoms with Crippen LogP contribution in [0, 0.1) is 0 Å². The first-order chi connectivity index (χ1) is 36.7. The van der Waals surface area contributed by atoms with Crippen LogP contribution in [-0.4, -0.2) is 29.9 Å². The lowest BCUT2D eigenvalue weighted by Gasteiger charge is -2.18. The molecule has 0 fully saturated rings. The molecule has 0 radical (unpaired) electrons. The Hall–Kier alpha value is -10.0. The van der Waals surface area contributed by atoms with Gasteiger partial charge in [-0.1, -0.05) is 127 Å². The third kappa shape index (κ3) is 6.66. The molecule has 0 aliphatic carbocycles. The van der Waals surface area contributed by atoms with Gasteiger partial charge < -0.3 is 0 Å². The van der Waals surface area contributed by atoms with Crippen LogP contribution in [0.15, 0.2) is 243 Å². The Morgan fingerprint density at radius 2 is 0.554 bits per heavy atom. The minimum atomic E-state index is 0.933. The van der Waals surface area contributed by atoms with E-state index in [1.165, 1.54) is 0 Å². The molecule has 0 bridgehead atoms. The molecule has 9 aromatic carbocycles. The lowest BCUT2D eigenvalue weighted by Crippen LogP contribution is -1.94. The normalized spacial score (nSPS) is 11.8. The molecule has 0 N–H and O–H groups in total. The third-order valence-electron chi connectivity index (χ3n) is 14.9. The van der Waals surface area contributed by atoms with Crippen LogP contribution < -0.4 is 0 Å². The van der Waals surface area contributed by atoms with E-state index >= 15 is 0 Å². The van der Waals surface area contributed by atoms with E-state index in [0.29, 0.717) is 0 Å². The van der Waals surface area contributed by atoms with Gasteiger partial charge in [0.1, 0.15) is 0 Å². The van der Waals surface area contributed by atoms with E-state index in [9.17, 15) is 0 Å². The van der Waals surface area contributed by atoms with Crippen molar-refractivity contribution in [3.63, 3.8) is 0 Å². The van der Waals surface area contributed by atoms with Crippen molar-refractivity contribution in [3.05, 3.63) is 243 Å². The quantitative estimate of drug-likeness (QED) is 0.155. The minimum Gasteiger partial charge on any atom is -0.256 e. The van der Waals surface area contributed by atoms with Crippen molar-refractivity contribution in [2.75, 3.05) is 0 Å². The third-order valence-corrected chi connectivity index (χ3v) is 14.9. The standard InChI is InChI=1S/C68H40N6/c1-4-17-51(45-32-41-27-28-63-58(24-11-29-69-63)64(41)72-38-45)48(14-1)42-33-43(49-15-2-5-18-52(49)46-36-61-54-20-7-9-22-56(54)65-59(25-12-30-70-65)67(61)73-39-46)35-44(34-42)50-16-3-6-19-53(50)47-37-62-55-21-8-10-23-57(55)66-60(26-13-31-71-66)68(62)74-40-47/h1-40H. The van der Waals surface area contributed by atoms with E-state index in [1.54, 1.807) is 0 Å². The summed E-state index contributed by atoms with van der Waals surface area (Å²) >= 11 is 0. The lowest BCUT2D eigenvalue weighted by atomic mass is 9.86. The van der Waals surface area contributed by atoms with Crippen LogP contribution in [0.2, 0.25) is 0 Å². The van der Waals surface area contributed by atoms with Crippen molar-refractivity contribution in [2.45, 2.75) is 0 Å². The Kier molecular flexibility index (Phi) is 9.47. The monoisotopic (exact) mass is 940 g/mol. The molecular formula is C68H40N6. The molecule has 6 aromatic heterocycles. The van der Waals surface area contributed by atoms with Gasteiger partial charge in [-0.15, -0.1) is 0 Å². The van der Waals surface area contributed by atoms with Crippen molar-refractivity contribution < 1.29 is 0 Å². The second-order valence-electron chi connectivity index (χ2n) is 19.0. The second-order valence-corrected chi connectivity index (χ2v) is 19.0. The van der Waals surface area contributed by atoms with Gasteiger partial charge in [-0.2, -0.15) is 0 Å². The van der Waals surface area contributed by atoms with E-state index in [2.05, 4.69) is 193 Å². The maximum absolute atomic E-state index is 5.23. The number of nitrogens with zero attached hydrogens (tertiary/aromatic N) is 6. The van der Waals surface area contributed by atoms with Crippen LogP contribution in [0.5, 0.6) is 0 Å². The van der Waals surface area contributed by atoms with Crippen molar-refractivity contribution >= 4 is 87.0 Å². The zero-order chi connectivity index (χ0) is 48.7. The number of hydrogen-bond acceptors (Lipinski definition) is 6. The smallest absolute Gasteiger partial charge is 0.0802 e.